The number of hydrogen-bond acceptors (Lipinski definition) is 5. The Kier molecular flexibility index (Phi) is 4.37. The van der Waals surface area contributed by atoms with Gasteiger partial charge in [0.1, 0.15) is 10.7 Å². The molecule has 0 amide bonds. The molecule has 0 unspecified atom stereocenters. The van der Waals surface area contributed by atoms with Crippen molar-refractivity contribution in [2.45, 2.75) is 13.8 Å². The lowest BCUT2D eigenvalue weighted by atomic mass is 10.1. The quantitative estimate of drug-likeness (QED) is 0.846. The van der Waals surface area contributed by atoms with Crippen LogP contribution in [0.1, 0.15) is 17.0 Å². The molecular formula is C15H19N5S. The second-order valence-electron chi connectivity index (χ2n) is 5.10. The predicted octanol–water partition coefficient (Wildman–Crippen LogP) is 2.54. The van der Waals surface area contributed by atoms with Crippen LogP contribution in [0.4, 0.5) is 17.3 Å². The van der Waals surface area contributed by atoms with Gasteiger partial charge >= 0.3 is 0 Å². The van der Waals surface area contributed by atoms with Gasteiger partial charge in [-0.25, -0.2) is 9.97 Å². The zero-order valence-corrected chi connectivity index (χ0v) is 13.5. The first-order valence-corrected chi connectivity index (χ1v) is 6.98. The highest BCUT2D eigenvalue weighted by Crippen LogP contribution is 2.24. The van der Waals surface area contributed by atoms with E-state index in [2.05, 4.69) is 39.2 Å². The maximum atomic E-state index is 5.64. The van der Waals surface area contributed by atoms with Crippen LogP contribution in [0.3, 0.4) is 0 Å². The topological polar surface area (TPSA) is 67.1 Å². The maximum Gasteiger partial charge on any atom is 0.228 e. The number of aryl methyl sites for hydroxylation is 2. The Labute approximate surface area is 130 Å². The molecule has 2 rings (SSSR count). The lowest BCUT2D eigenvalue weighted by Gasteiger charge is -2.17. The number of hydrogen-bond donors (Lipinski definition) is 2. The number of nitrogens with two attached hydrogens (primary N) is 1. The molecule has 0 atom stereocenters. The van der Waals surface area contributed by atoms with Crippen molar-refractivity contribution in [3.8, 4) is 0 Å². The summed E-state index contributed by atoms with van der Waals surface area (Å²) in [5.74, 6) is 0.492. The van der Waals surface area contributed by atoms with Crippen molar-refractivity contribution in [1.82, 2.24) is 9.97 Å². The van der Waals surface area contributed by atoms with Gasteiger partial charge in [0, 0.05) is 31.2 Å². The first-order valence-electron chi connectivity index (χ1n) is 6.57. The maximum absolute atomic E-state index is 5.64. The van der Waals surface area contributed by atoms with Crippen molar-refractivity contribution in [3.63, 3.8) is 0 Å². The van der Waals surface area contributed by atoms with E-state index in [4.69, 9.17) is 18.0 Å². The Morgan fingerprint density at radius 1 is 1.19 bits per heavy atom. The number of nitrogens with one attached hydrogen (secondary N) is 1. The molecule has 0 saturated carbocycles. The van der Waals surface area contributed by atoms with Gasteiger partial charge in [-0.05, 0) is 37.6 Å². The van der Waals surface area contributed by atoms with Crippen molar-refractivity contribution in [3.05, 3.63) is 41.2 Å². The van der Waals surface area contributed by atoms with Crippen LogP contribution in [-0.2, 0) is 0 Å². The van der Waals surface area contributed by atoms with Gasteiger partial charge in [0.15, 0.2) is 0 Å². The third kappa shape index (κ3) is 3.66. The standard InChI is InChI=1S/C15H19N5S/c1-9-5-6-11(8-13(9)20(3)4)18-15-17-10(2)7-12(19-15)14(16)21/h5-8H,1-4H3,(H2,16,21)(H,17,18,19). The summed E-state index contributed by atoms with van der Waals surface area (Å²) >= 11 is 4.97. The van der Waals surface area contributed by atoms with E-state index in [9.17, 15) is 0 Å². The molecule has 1 heterocycles. The van der Waals surface area contributed by atoms with Crippen LogP contribution in [0, 0.1) is 13.8 Å². The summed E-state index contributed by atoms with van der Waals surface area (Å²) in [5, 5.41) is 3.20. The molecule has 110 valence electrons. The van der Waals surface area contributed by atoms with Crippen molar-refractivity contribution < 1.29 is 0 Å². The molecule has 6 heteroatoms. The monoisotopic (exact) mass is 301 g/mol. The number of nitrogens with zero attached hydrogens (tertiary/aromatic N) is 3. The molecular weight excluding hydrogens is 282 g/mol. The molecule has 1 aromatic heterocycles. The highest BCUT2D eigenvalue weighted by atomic mass is 32.1. The Bertz CT molecular complexity index is 682. The Morgan fingerprint density at radius 3 is 2.52 bits per heavy atom. The molecule has 2 aromatic rings. The molecule has 1 aromatic carbocycles. The molecule has 0 bridgehead atoms. The molecule has 21 heavy (non-hydrogen) atoms. The van der Waals surface area contributed by atoms with E-state index in [0.29, 0.717) is 11.6 Å². The number of rotatable bonds is 4. The van der Waals surface area contributed by atoms with Crippen molar-refractivity contribution in [2.75, 3.05) is 24.3 Å². The lowest BCUT2D eigenvalue weighted by molar-refractivity contribution is 1.09. The highest BCUT2D eigenvalue weighted by molar-refractivity contribution is 7.80. The second kappa shape index (κ2) is 6.05. The average molecular weight is 301 g/mol. The fraction of sp³-hybridized carbons (Fsp3) is 0.267. The molecule has 0 fully saturated rings. The summed E-state index contributed by atoms with van der Waals surface area (Å²) in [5.41, 5.74) is 10.3. The smallest absolute Gasteiger partial charge is 0.228 e. The number of anilines is 3. The van der Waals surface area contributed by atoms with E-state index in [-0.39, 0.29) is 4.99 Å². The van der Waals surface area contributed by atoms with Crippen LogP contribution >= 0.6 is 12.2 Å². The van der Waals surface area contributed by atoms with Crippen LogP contribution in [0.15, 0.2) is 24.3 Å². The van der Waals surface area contributed by atoms with Gasteiger partial charge in [0.05, 0.1) is 0 Å². The molecule has 0 aliphatic heterocycles. The molecule has 0 saturated heterocycles. The van der Waals surface area contributed by atoms with Crippen LogP contribution in [0.5, 0.6) is 0 Å². The second-order valence-corrected chi connectivity index (χ2v) is 5.54. The Hall–Kier alpha value is -2.21. The minimum Gasteiger partial charge on any atom is -0.388 e. The molecule has 0 spiro atoms. The van der Waals surface area contributed by atoms with E-state index in [1.807, 2.05) is 27.1 Å². The summed E-state index contributed by atoms with van der Waals surface area (Å²) < 4.78 is 0. The van der Waals surface area contributed by atoms with Crippen LogP contribution in [-0.4, -0.2) is 29.1 Å². The van der Waals surface area contributed by atoms with Gasteiger partial charge in [-0.3, -0.25) is 0 Å². The van der Waals surface area contributed by atoms with E-state index in [1.54, 1.807) is 6.07 Å². The average Bonchev–Trinajstić information content (AvgIpc) is 2.40. The predicted molar refractivity (Wildman–Crippen MR) is 91.4 cm³/mol. The molecule has 0 radical (unpaired) electrons. The normalized spacial score (nSPS) is 10.3. The van der Waals surface area contributed by atoms with Gasteiger partial charge in [-0.1, -0.05) is 18.3 Å². The number of thiocarbonyl (C=S) groups is 1. The first kappa shape index (κ1) is 15.2. The highest BCUT2D eigenvalue weighted by Gasteiger charge is 2.07. The largest absolute Gasteiger partial charge is 0.388 e. The van der Waals surface area contributed by atoms with E-state index in [1.165, 1.54) is 5.56 Å². The number of aromatic nitrogens is 2. The SMILES string of the molecule is Cc1cc(C(N)=S)nc(Nc2ccc(C)c(N(C)C)c2)n1. The van der Waals surface area contributed by atoms with Gasteiger partial charge < -0.3 is 16.0 Å². The summed E-state index contributed by atoms with van der Waals surface area (Å²) in [4.78, 5) is 11.0. The number of benzene rings is 1. The third-order valence-corrected chi connectivity index (χ3v) is 3.26. The van der Waals surface area contributed by atoms with Gasteiger partial charge in [0.2, 0.25) is 5.95 Å². The minimum atomic E-state index is 0.265. The summed E-state index contributed by atoms with van der Waals surface area (Å²) in [6.45, 7) is 3.96. The molecule has 0 aliphatic rings. The lowest BCUT2D eigenvalue weighted by Crippen LogP contribution is -2.14. The summed E-state index contributed by atoms with van der Waals surface area (Å²) in [6.07, 6.45) is 0. The molecule has 5 nitrogen and oxygen atoms in total. The fourth-order valence-electron chi connectivity index (χ4n) is 2.05. The summed E-state index contributed by atoms with van der Waals surface area (Å²) in [6, 6.07) is 7.88. The van der Waals surface area contributed by atoms with Crippen LogP contribution < -0.4 is 16.0 Å². The first-order chi connectivity index (χ1) is 9.86. The van der Waals surface area contributed by atoms with E-state index < -0.39 is 0 Å². The van der Waals surface area contributed by atoms with Crippen molar-refractivity contribution in [2.24, 2.45) is 5.73 Å². The minimum absolute atomic E-state index is 0.265. The molecule has 3 N–H and O–H groups in total. The van der Waals surface area contributed by atoms with Gasteiger partial charge in [-0.2, -0.15) is 0 Å². The summed E-state index contributed by atoms with van der Waals surface area (Å²) in [7, 11) is 4.03. The molecule has 0 aliphatic carbocycles. The van der Waals surface area contributed by atoms with Crippen LogP contribution in [0.2, 0.25) is 0 Å². The van der Waals surface area contributed by atoms with E-state index >= 15 is 0 Å². The van der Waals surface area contributed by atoms with E-state index in [0.717, 1.165) is 17.1 Å². The van der Waals surface area contributed by atoms with Crippen LogP contribution in [0.25, 0.3) is 0 Å². The zero-order valence-electron chi connectivity index (χ0n) is 12.6. The fourth-order valence-corrected chi connectivity index (χ4v) is 2.15. The Balaban J connectivity index is 2.34. The van der Waals surface area contributed by atoms with Crippen molar-refractivity contribution in [1.29, 1.82) is 0 Å². The zero-order chi connectivity index (χ0) is 15.6. The van der Waals surface area contributed by atoms with Gasteiger partial charge in [-0.15, -0.1) is 0 Å². The van der Waals surface area contributed by atoms with Crippen molar-refractivity contribution >= 4 is 34.5 Å². The Morgan fingerprint density at radius 2 is 1.90 bits per heavy atom. The third-order valence-electron chi connectivity index (χ3n) is 3.05. The van der Waals surface area contributed by atoms with Gasteiger partial charge in [0.25, 0.3) is 0 Å².